The zero-order chi connectivity index (χ0) is 18.5. The number of aryl methyl sites for hydroxylation is 1. The lowest BCUT2D eigenvalue weighted by molar-refractivity contribution is -0.115. The largest absolute Gasteiger partial charge is 0.302 e. The van der Waals surface area contributed by atoms with Crippen molar-refractivity contribution in [2.75, 3.05) is 11.1 Å². The number of amides is 1. The van der Waals surface area contributed by atoms with Crippen molar-refractivity contribution in [1.82, 2.24) is 4.98 Å². The smallest absolute Gasteiger partial charge is 0.226 e. The van der Waals surface area contributed by atoms with Crippen molar-refractivity contribution < 1.29 is 13.6 Å². The Morgan fingerprint density at radius 3 is 2.65 bits per heavy atom. The summed E-state index contributed by atoms with van der Waals surface area (Å²) < 4.78 is 26.3. The van der Waals surface area contributed by atoms with Crippen LogP contribution in [0.25, 0.3) is 11.3 Å². The summed E-state index contributed by atoms with van der Waals surface area (Å²) in [6, 6.07) is 11.8. The molecule has 2 aromatic carbocycles. The van der Waals surface area contributed by atoms with Crippen molar-refractivity contribution >= 4 is 34.1 Å². The lowest BCUT2D eigenvalue weighted by Gasteiger charge is -2.03. The van der Waals surface area contributed by atoms with Gasteiger partial charge in [0.1, 0.15) is 0 Å². The highest BCUT2D eigenvalue weighted by Crippen LogP contribution is 2.26. The second kappa shape index (κ2) is 8.42. The van der Waals surface area contributed by atoms with Crippen LogP contribution in [0.2, 0.25) is 0 Å². The van der Waals surface area contributed by atoms with Crippen molar-refractivity contribution in [2.45, 2.75) is 18.2 Å². The number of nitrogens with one attached hydrogen (secondary N) is 1. The Bertz CT molecular complexity index is 910. The molecule has 0 saturated carbocycles. The molecule has 1 heterocycles. The molecule has 1 amide bonds. The first-order chi connectivity index (χ1) is 12.5. The number of aromatic nitrogens is 1. The number of halogens is 2. The van der Waals surface area contributed by atoms with Crippen LogP contribution < -0.4 is 5.32 Å². The molecule has 0 aliphatic rings. The van der Waals surface area contributed by atoms with Gasteiger partial charge in [-0.3, -0.25) is 4.79 Å². The van der Waals surface area contributed by atoms with Gasteiger partial charge in [0.25, 0.3) is 0 Å². The normalized spacial score (nSPS) is 10.7. The molecule has 3 nitrogen and oxygen atoms in total. The molecule has 0 bridgehead atoms. The zero-order valence-electron chi connectivity index (χ0n) is 14.0. The number of carbonyl (C=O) groups is 1. The lowest BCUT2D eigenvalue weighted by atomic mass is 10.2. The number of hydrogen-bond acceptors (Lipinski definition) is 4. The summed E-state index contributed by atoms with van der Waals surface area (Å²) in [6.45, 7) is 2.03. The van der Waals surface area contributed by atoms with Crippen molar-refractivity contribution in [3.05, 3.63) is 65.0 Å². The molecule has 134 valence electrons. The van der Waals surface area contributed by atoms with Crippen LogP contribution in [0.4, 0.5) is 13.9 Å². The van der Waals surface area contributed by atoms with Gasteiger partial charge in [0.05, 0.1) is 5.69 Å². The van der Waals surface area contributed by atoms with Gasteiger partial charge in [0.2, 0.25) is 5.91 Å². The number of carbonyl (C=O) groups excluding carboxylic acids is 1. The molecule has 0 aliphatic carbocycles. The van der Waals surface area contributed by atoms with Crippen LogP contribution in [-0.4, -0.2) is 16.6 Å². The molecule has 0 saturated heterocycles. The third kappa shape index (κ3) is 4.89. The first-order valence-corrected chi connectivity index (χ1v) is 9.78. The summed E-state index contributed by atoms with van der Waals surface area (Å²) in [7, 11) is 0. The molecule has 1 aromatic heterocycles. The van der Waals surface area contributed by atoms with Gasteiger partial charge >= 0.3 is 0 Å². The predicted molar refractivity (Wildman–Crippen MR) is 103 cm³/mol. The van der Waals surface area contributed by atoms with E-state index < -0.39 is 11.6 Å². The van der Waals surface area contributed by atoms with Crippen LogP contribution in [0.1, 0.15) is 12.0 Å². The molecule has 3 rings (SSSR count). The molecule has 0 aliphatic heterocycles. The first-order valence-electron chi connectivity index (χ1n) is 7.91. The lowest BCUT2D eigenvalue weighted by Crippen LogP contribution is -2.11. The molecule has 26 heavy (non-hydrogen) atoms. The molecule has 0 radical (unpaired) electrons. The van der Waals surface area contributed by atoms with Crippen LogP contribution in [0.15, 0.2) is 52.7 Å². The third-order valence-electron chi connectivity index (χ3n) is 3.58. The van der Waals surface area contributed by atoms with E-state index >= 15 is 0 Å². The number of thioether (sulfide) groups is 1. The predicted octanol–water partition coefficient (Wildman–Crippen LogP) is 5.52. The SMILES string of the molecule is Cc1ccc(SCCC(=O)Nc2nc(-c3ccc(F)c(F)c3)cs2)cc1. The van der Waals surface area contributed by atoms with Crippen molar-refractivity contribution in [2.24, 2.45) is 0 Å². The van der Waals surface area contributed by atoms with Crippen LogP contribution >= 0.6 is 23.1 Å². The highest BCUT2D eigenvalue weighted by Gasteiger charge is 2.10. The molecule has 0 unspecified atom stereocenters. The van der Waals surface area contributed by atoms with E-state index in [1.54, 1.807) is 17.1 Å². The van der Waals surface area contributed by atoms with E-state index in [9.17, 15) is 13.6 Å². The fourth-order valence-corrected chi connectivity index (χ4v) is 3.78. The molecule has 1 N–H and O–H groups in total. The van der Waals surface area contributed by atoms with Crippen LogP contribution in [0, 0.1) is 18.6 Å². The summed E-state index contributed by atoms with van der Waals surface area (Å²) in [5.74, 6) is -1.29. The minimum Gasteiger partial charge on any atom is -0.302 e. The fourth-order valence-electron chi connectivity index (χ4n) is 2.20. The number of anilines is 1. The Kier molecular flexibility index (Phi) is 6.00. The fraction of sp³-hybridized carbons (Fsp3) is 0.158. The Morgan fingerprint density at radius 1 is 1.15 bits per heavy atom. The molecule has 7 heteroatoms. The first kappa shape index (κ1) is 18.5. The zero-order valence-corrected chi connectivity index (χ0v) is 15.6. The molecule has 0 fully saturated rings. The summed E-state index contributed by atoms with van der Waals surface area (Å²) in [5.41, 5.74) is 2.17. The molecule has 0 atom stereocenters. The van der Waals surface area contributed by atoms with E-state index in [4.69, 9.17) is 0 Å². The second-order valence-electron chi connectivity index (χ2n) is 5.63. The van der Waals surface area contributed by atoms with E-state index in [0.29, 0.717) is 28.6 Å². The van der Waals surface area contributed by atoms with E-state index in [1.165, 1.54) is 23.0 Å². The minimum absolute atomic E-state index is 0.129. The average Bonchev–Trinajstić information content (AvgIpc) is 3.07. The topological polar surface area (TPSA) is 42.0 Å². The Morgan fingerprint density at radius 2 is 1.92 bits per heavy atom. The van der Waals surface area contributed by atoms with Gasteiger partial charge in [-0.1, -0.05) is 17.7 Å². The maximum atomic E-state index is 13.3. The van der Waals surface area contributed by atoms with Crippen LogP contribution in [0.5, 0.6) is 0 Å². The quantitative estimate of drug-likeness (QED) is 0.564. The summed E-state index contributed by atoms with van der Waals surface area (Å²) in [4.78, 5) is 17.4. The van der Waals surface area contributed by atoms with E-state index in [0.717, 1.165) is 17.0 Å². The summed E-state index contributed by atoms with van der Waals surface area (Å²) in [5, 5.41) is 4.88. The maximum absolute atomic E-state index is 13.3. The Hall–Kier alpha value is -2.25. The number of hydrogen-bond donors (Lipinski definition) is 1. The van der Waals surface area contributed by atoms with Gasteiger partial charge in [-0.15, -0.1) is 23.1 Å². The van der Waals surface area contributed by atoms with E-state index in [-0.39, 0.29) is 5.91 Å². The number of benzene rings is 2. The molecule has 3 aromatic rings. The highest BCUT2D eigenvalue weighted by molar-refractivity contribution is 7.99. The summed E-state index contributed by atoms with van der Waals surface area (Å²) in [6.07, 6.45) is 0.360. The van der Waals surface area contributed by atoms with E-state index in [1.807, 2.05) is 31.2 Å². The van der Waals surface area contributed by atoms with E-state index in [2.05, 4.69) is 10.3 Å². The van der Waals surface area contributed by atoms with Crippen LogP contribution in [0.3, 0.4) is 0 Å². The van der Waals surface area contributed by atoms with Crippen molar-refractivity contribution in [1.29, 1.82) is 0 Å². The average molecular weight is 390 g/mol. The van der Waals surface area contributed by atoms with Crippen molar-refractivity contribution in [3.63, 3.8) is 0 Å². The second-order valence-corrected chi connectivity index (χ2v) is 7.65. The molecule has 0 spiro atoms. The van der Waals surface area contributed by atoms with Gasteiger partial charge in [-0.25, -0.2) is 13.8 Å². The number of rotatable bonds is 6. The van der Waals surface area contributed by atoms with Gasteiger partial charge in [-0.2, -0.15) is 0 Å². The maximum Gasteiger partial charge on any atom is 0.226 e. The Labute approximate surface area is 158 Å². The van der Waals surface area contributed by atoms with Gasteiger partial charge in [0.15, 0.2) is 16.8 Å². The van der Waals surface area contributed by atoms with Crippen molar-refractivity contribution in [3.8, 4) is 11.3 Å². The van der Waals surface area contributed by atoms with Gasteiger partial charge < -0.3 is 5.32 Å². The minimum atomic E-state index is -0.922. The van der Waals surface area contributed by atoms with Gasteiger partial charge in [-0.05, 0) is 37.3 Å². The van der Waals surface area contributed by atoms with Crippen LogP contribution in [-0.2, 0) is 4.79 Å². The highest BCUT2D eigenvalue weighted by atomic mass is 32.2. The monoisotopic (exact) mass is 390 g/mol. The third-order valence-corrected chi connectivity index (χ3v) is 5.36. The Balaban J connectivity index is 1.52. The molecular formula is C19H16F2N2OS2. The number of nitrogens with zero attached hydrogens (tertiary/aromatic N) is 1. The molecular weight excluding hydrogens is 374 g/mol. The summed E-state index contributed by atoms with van der Waals surface area (Å²) >= 11 is 2.87. The number of thiazole rings is 1. The standard InChI is InChI=1S/C19H16F2N2OS2/c1-12-2-5-14(6-3-12)25-9-8-18(24)23-19-22-17(11-26-19)13-4-7-15(20)16(21)10-13/h2-7,10-11H,8-9H2,1H3,(H,22,23,24). The van der Waals surface area contributed by atoms with Gasteiger partial charge in [0, 0.05) is 28.0 Å².